The van der Waals surface area contributed by atoms with Crippen LogP contribution in [0.4, 0.5) is 22.7 Å². The maximum atomic E-state index is 6.06. The van der Waals surface area contributed by atoms with Crippen LogP contribution in [0.3, 0.4) is 0 Å². The summed E-state index contributed by atoms with van der Waals surface area (Å²) in [7, 11) is 16.8. The molecule has 0 N–H and O–H groups in total. The summed E-state index contributed by atoms with van der Waals surface area (Å²) in [5.41, 5.74) is 40.0. The fraction of sp³-hybridized carbons (Fsp3) is 0.137. The van der Waals surface area contributed by atoms with Crippen LogP contribution in [0.25, 0.3) is 110 Å². The number of nitrogens with zero attached hydrogens (tertiary/aromatic N) is 4. The van der Waals surface area contributed by atoms with Gasteiger partial charge in [-0.2, -0.15) is 9.79 Å². The second-order valence-corrected chi connectivity index (χ2v) is 44.5. The molecule has 0 spiro atoms. The van der Waals surface area contributed by atoms with E-state index in [1.165, 1.54) is 187 Å². The minimum atomic E-state index is -1.57. The van der Waals surface area contributed by atoms with E-state index in [1.807, 2.05) is 52.5 Å². The number of fused-ring (bicyclic) bond motifs is 4. The summed E-state index contributed by atoms with van der Waals surface area (Å²) in [4.78, 5) is 13.6. The van der Waals surface area contributed by atoms with Crippen molar-refractivity contribution in [3.63, 3.8) is 0 Å². The molecule has 0 unspecified atom stereocenters. The molecule has 0 fully saturated rings. The first-order valence-electron chi connectivity index (χ1n) is 44.4. The Hall–Kier alpha value is -9.43. The molecule has 0 aliphatic carbocycles. The number of rotatable bonds is 12. The molecule has 4 heterocycles. The van der Waals surface area contributed by atoms with Gasteiger partial charge >= 0.3 is 186 Å². The Bertz CT molecular complexity index is 6540. The van der Waals surface area contributed by atoms with Gasteiger partial charge in [0, 0.05) is 45.5 Å². The van der Waals surface area contributed by atoms with Crippen LogP contribution in [0.5, 0.6) is 0 Å². The zero-order chi connectivity index (χ0) is 93.8. The molecule has 2 aliphatic rings. The summed E-state index contributed by atoms with van der Waals surface area (Å²) in [5, 5.41) is 14.1. The Morgan fingerprint density at radius 3 is 0.732 bits per heavy atom. The summed E-state index contributed by atoms with van der Waals surface area (Å²) in [6, 6.07) is 116. The second-order valence-electron chi connectivity index (χ2n) is 34.2. The Morgan fingerprint density at radius 2 is 0.514 bits per heavy atom. The van der Waals surface area contributed by atoms with Crippen molar-refractivity contribution < 1.29 is 80.6 Å². The van der Waals surface area contributed by atoms with Crippen molar-refractivity contribution in [2.45, 2.75) is 128 Å². The third-order valence-corrected chi connectivity index (χ3v) is 30.7. The van der Waals surface area contributed by atoms with Crippen LogP contribution >= 0.6 is 51.7 Å². The van der Waals surface area contributed by atoms with E-state index >= 15 is 0 Å². The molecule has 16 aromatic carbocycles. The molecule has 0 saturated carbocycles. The van der Waals surface area contributed by atoms with Crippen molar-refractivity contribution in [1.29, 1.82) is 0 Å². The van der Waals surface area contributed by atoms with Gasteiger partial charge in [-0.05, 0) is 302 Å². The van der Waals surface area contributed by atoms with Crippen LogP contribution in [0.2, 0.25) is 0 Å². The first-order valence-corrected chi connectivity index (χ1v) is 55.7. The summed E-state index contributed by atoms with van der Waals surface area (Å²) in [6.45, 7) is 39.6. The zero-order valence-corrected chi connectivity index (χ0v) is 94.0. The molecule has 4 nitrogen and oxygen atoms in total. The molecule has 2 aromatic heterocycles. The van der Waals surface area contributed by atoms with E-state index in [-0.39, 0.29) is 96.8 Å². The van der Waals surface area contributed by atoms with Crippen molar-refractivity contribution in [2.75, 3.05) is 19.6 Å². The monoisotopic (exact) mass is 2140 g/mol. The Morgan fingerprint density at radius 1 is 0.290 bits per heavy atom. The van der Waals surface area contributed by atoms with Crippen LogP contribution in [-0.4, -0.2) is 9.22 Å². The zero-order valence-electron chi connectivity index (χ0n) is 81.9. The number of benzene rings is 16. The Balaban J connectivity index is 0.000000178. The van der Waals surface area contributed by atoms with Gasteiger partial charge in [0.15, 0.2) is 0 Å². The number of anilines is 4. The Kier molecular flexibility index (Phi) is 40.7. The quantitative estimate of drug-likeness (QED) is 0.0520. The van der Waals surface area contributed by atoms with Crippen LogP contribution < -0.4 is 71.0 Å². The minimum absolute atomic E-state index is 0. The fourth-order valence-corrected chi connectivity index (χ4v) is 25.1. The molecule has 20 rings (SSSR count). The predicted molar refractivity (Wildman–Crippen MR) is 607 cm³/mol. The molecule has 0 bridgehead atoms. The summed E-state index contributed by atoms with van der Waals surface area (Å²) in [5.74, 6) is 0. The minimum Gasteiger partial charge on any atom is -0.779 e. The van der Waals surface area contributed by atoms with Crippen molar-refractivity contribution >= 4 is 152 Å². The van der Waals surface area contributed by atoms with E-state index in [4.69, 9.17) is 54.3 Å². The van der Waals surface area contributed by atoms with Gasteiger partial charge in [-0.1, -0.05) is 297 Å². The molecule has 18 aromatic rings. The van der Waals surface area contributed by atoms with Gasteiger partial charge in [-0.3, -0.25) is 0 Å². The van der Waals surface area contributed by atoms with Gasteiger partial charge in [0.25, 0.3) is 0 Å². The van der Waals surface area contributed by atoms with E-state index in [9.17, 15) is 0 Å². The van der Waals surface area contributed by atoms with Gasteiger partial charge in [0.1, 0.15) is 0 Å². The summed E-state index contributed by atoms with van der Waals surface area (Å²) < 4.78 is 4.03. The largest absolute Gasteiger partial charge is 1.00 e. The van der Waals surface area contributed by atoms with Crippen LogP contribution in [0.15, 0.2) is 371 Å². The SMILES string of the molecule is C.CC1=C(C)N(c2c(C)cc(C)cc2C)[CH-]N1c1c(C)cc(C)cc1C.CC1=C(C)N(c2c(C)cc(C)cc2C)[CH-]N1c1c(C)cc(C)cc1C.[CH3-].[CH3-].[CH3-].[Cl][Ru]([Cl])=[CH]c1cccs1.[Cl][Ru]=[CH]c1cccs1.[K+].[S-]c1c(-c2ccccc2)cc(-c2c3ccccc3cc3ccccc23)cc1-c1ccccc1.[S-]c1c(-c2ccccc2)cc(-c2c3ccccc3cc3ccccc23)cc1-c1ccccc1. The van der Waals surface area contributed by atoms with E-state index in [0.29, 0.717) is 0 Å². The van der Waals surface area contributed by atoms with Crippen molar-refractivity contribution in [3.8, 4) is 66.8 Å². The number of hydrogen-bond donors (Lipinski definition) is 0. The third-order valence-electron chi connectivity index (χ3n) is 24.5. The second kappa shape index (κ2) is 50.8. The molecular formula is C124H121Cl3KN4Ru2S4-6. The van der Waals surface area contributed by atoms with Gasteiger partial charge in [-0.25, -0.2) is 0 Å². The molecule has 0 atom stereocenters. The van der Waals surface area contributed by atoms with E-state index in [0.717, 1.165) is 54.3 Å². The summed E-state index contributed by atoms with van der Waals surface area (Å²) >= 11 is 13.9. The molecule has 0 radical (unpaired) electrons. The number of halogens is 3. The molecular weight excluding hydrogens is 2020 g/mol. The average molecular weight is 2140 g/mol. The third kappa shape index (κ3) is 25.5. The van der Waals surface area contributed by atoms with Gasteiger partial charge < -0.3 is 67.1 Å². The van der Waals surface area contributed by atoms with Crippen molar-refractivity contribution in [2.24, 2.45) is 0 Å². The molecule has 138 heavy (non-hydrogen) atoms. The van der Waals surface area contributed by atoms with Crippen LogP contribution in [0.1, 0.15) is 112 Å². The van der Waals surface area contributed by atoms with Gasteiger partial charge in [0.2, 0.25) is 0 Å². The first-order chi connectivity index (χ1) is 64.2. The smallest absolute Gasteiger partial charge is 0.779 e. The van der Waals surface area contributed by atoms with Crippen molar-refractivity contribution in [1.82, 2.24) is 0 Å². The molecule has 0 amide bonds. The topological polar surface area (TPSA) is 13.0 Å². The first kappa shape index (κ1) is 111. The molecule has 0 saturated heterocycles. The number of hydrogen-bond acceptors (Lipinski definition) is 8. The number of allylic oxidation sites excluding steroid dienone is 4. The number of thiophene rings is 2. The van der Waals surface area contributed by atoms with E-state index in [1.54, 1.807) is 22.7 Å². The Labute approximate surface area is 909 Å². The van der Waals surface area contributed by atoms with Crippen LogP contribution in [0, 0.1) is 119 Å². The molecule has 2 aliphatic heterocycles. The fourth-order valence-electron chi connectivity index (χ4n) is 18.7. The maximum absolute atomic E-state index is 6.06. The van der Waals surface area contributed by atoms with Gasteiger partial charge in [0.05, 0.1) is 0 Å². The van der Waals surface area contributed by atoms with E-state index < -0.39 is 13.5 Å². The predicted octanol–water partition coefficient (Wildman–Crippen LogP) is 34.2. The average Bonchev–Trinajstić information content (AvgIpc) is 1.32. The molecule has 14 heteroatoms. The maximum Gasteiger partial charge on any atom is 1.00 e. The normalized spacial score (nSPS) is 12.1. The van der Waals surface area contributed by atoms with Gasteiger partial charge in [-0.15, -0.1) is 13.3 Å². The number of aryl methyl sites for hydroxylation is 12. The standard InChI is InChI=1S/2C32H22S.2C23H29N2.2C5H4S.CH4.3CH3.3ClH.K.2Ru/c2*33-32-29(22-11-3-1-4-12-22)20-26(21-30(32)23-13-5-2-6-14-23)31-27-17-9-7-15-24(27)19-25-16-8-10-18-28(25)31;2*1-14-9-16(3)22(17(4)10-14)24-13-25(21(8)20(24)7)23-18(5)11-15(2)12-19(23)6;2*1-5-3-2-4-6-5;;;;;;;;;;/h2*1-21,33H;2*9-13H,1-8H3;2*1-4H;1H4;3*1H3;3*1H;;;/q;;2*-1;;;;3*-1;;;;2*+1;+2/p-5. The molecule has 705 valence electrons. The van der Waals surface area contributed by atoms with Crippen LogP contribution in [-0.2, 0) is 54.5 Å². The van der Waals surface area contributed by atoms with Crippen molar-refractivity contribution in [3.05, 3.63) is 473 Å². The summed E-state index contributed by atoms with van der Waals surface area (Å²) in [6.07, 6.45) is 0. The van der Waals surface area contributed by atoms with E-state index in [2.05, 4.69) is 439 Å².